The lowest BCUT2D eigenvalue weighted by atomic mass is 10.0. The second kappa shape index (κ2) is 12.8. The van der Waals surface area contributed by atoms with Gasteiger partial charge in [-0.3, -0.25) is 19.4 Å². The minimum absolute atomic E-state index is 0.0860. The highest BCUT2D eigenvalue weighted by Gasteiger charge is 2.39. The van der Waals surface area contributed by atoms with Crippen LogP contribution in [0.25, 0.3) is 0 Å². The molecule has 0 spiro atoms. The summed E-state index contributed by atoms with van der Waals surface area (Å²) < 4.78 is 67.2. The number of halogens is 6. The number of rotatable bonds is 9. The van der Waals surface area contributed by atoms with E-state index in [0.29, 0.717) is 43.3 Å². The summed E-state index contributed by atoms with van der Waals surface area (Å²) in [5.74, 6) is -3.94. The summed E-state index contributed by atoms with van der Waals surface area (Å²) in [6.07, 6.45) is -4.80. The number of hydrogen-bond acceptors (Lipinski definition) is 5. The molecule has 2 aromatic carbocycles. The molecule has 14 heteroatoms. The Morgan fingerprint density at radius 1 is 1.10 bits per heavy atom. The lowest BCUT2D eigenvalue weighted by Gasteiger charge is -2.37. The number of urea groups is 1. The van der Waals surface area contributed by atoms with Crippen LogP contribution in [0, 0.1) is 17.6 Å². The van der Waals surface area contributed by atoms with Gasteiger partial charge in [-0.2, -0.15) is 13.2 Å². The molecule has 228 valence electrons. The van der Waals surface area contributed by atoms with Gasteiger partial charge in [0.15, 0.2) is 11.6 Å². The van der Waals surface area contributed by atoms with Crippen molar-refractivity contribution in [2.75, 3.05) is 42.9 Å². The standard InChI is InChI=1S/C28H31ClF5N5O3/c1-16(2)13-22-26(41)39(27(42)36-22)15-19-18(4-5-20(30)24(19)31)25(40)35-21-6-3-17(29)14-23(21)38-11-9-37(10-12-38)8-7-28(32,33)34/h3-6,14,16,22H,7-13,15H2,1-2H3,(H,35,40)(H,36,42). The van der Waals surface area contributed by atoms with Crippen LogP contribution in [-0.4, -0.2) is 72.6 Å². The van der Waals surface area contributed by atoms with E-state index >= 15 is 4.39 Å². The van der Waals surface area contributed by atoms with Gasteiger partial charge < -0.3 is 15.5 Å². The fourth-order valence-corrected chi connectivity index (χ4v) is 5.20. The van der Waals surface area contributed by atoms with Crippen LogP contribution in [0.1, 0.15) is 42.6 Å². The summed E-state index contributed by atoms with van der Waals surface area (Å²) in [5, 5.41) is 5.57. The maximum absolute atomic E-state index is 15.0. The van der Waals surface area contributed by atoms with E-state index in [4.69, 9.17) is 11.6 Å². The first-order chi connectivity index (χ1) is 19.7. The molecular formula is C28H31ClF5N5O3. The smallest absolute Gasteiger partial charge is 0.367 e. The Morgan fingerprint density at radius 2 is 1.79 bits per heavy atom. The van der Waals surface area contributed by atoms with Gasteiger partial charge in [0.2, 0.25) is 0 Å². The molecule has 1 atom stereocenters. The first-order valence-electron chi connectivity index (χ1n) is 13.5. The van der Waals surface area contributed by atoms with Crippen molar-refractivity contribution >= 4 is 40.8 Å². The number of carbonyl (C=O) groups excluding carboxylic acids is 3. The predicted molar refractivity (Wildman–Crippen MR) is 147 cm³/mol. The van der Waals surface area contributed by atoms with Gasteiger partial charge in [0.1, 0.15) is 6.04 Å². The molecule has 8 nitrogen and oxygen atoms in total. The molecule has 2 saturated heterocycles. The van der Waals surface area contributed by atoms with E-state index in [1.807, 2.05) is 18.7 Å². The van der Waals surface area contributed by atoms with Crippen LogP contribution in [0.15, 0.2) is 30.3 Å². The van der Waals surface area contributed by atoms with Gasteiger partial charge in [0.25, 0.3) is 11.8 Å². The van der Waals surface area contributed by atoms with E-state index in [9.17, 15) is 31.9 Å². The van der Waals surface area contributed by atoms with Crippen molar-refractivity contribution in [3.8, 4) is 0 Å². The Morgan fingerprint density at radius 3 is 2.43 bits per heavy atom. The Balaban J connectivity index is 1.53. The van der Waals surface area contributed by atoms with E-state index in [0.717, 1.165) is 17.0 Å². The van der Waals surface area contributed by atoms with Gasteiger partial charge in [0.05, 0.1) is 24.3 Å². The topological polar surface area (TPSA) is 85.0 Å². The third-order valence-electron chi connectivity index (χ3n) is 7.20. The summed E-state index contributed by atoms with van der Waals surface area (Å²) in [6, 6.07) is 4.92. The first kappa shape index (κ1) is 31.5. The van der Waals surface area contributed by atoms with Crippen molar-refractivity contribution in [3.63, 3.8) is 0 Å². The number of nitrogens with one attached hydrogen (secondary N) is 2. The van der Waals surface area contributed by atoms with Crippen LogP contribution in [0.5, 0.6) is 0 Å². The zero-order chi connectivity index (χ0) is 30.8. The fraction of sp³-hybridized carbons (Fsp3) is 0.464. The monoisotopic (exact) mass is 615 g/mol. The van der Waals surface area contributed by atoms with Crippen molar-refractivity contribution in [3.05, 3.63) is 58.1 Å². The lowest BCUT2D eigenvalue weighted by molar-refractivity contribution is -0.138. The Bertz CT molecular complexity index is 1350. The van der Waals surface area contributed by atoms with Crippen molar-refractivity contribution in [1.29, 1.82) is 0 Å². The summed E-state index contributed by atoms with van der Waals surface area (Å²) >= 11 is 6.21. The molecule has 0 saturated carbocycles. The molecule has 2 N–H and O–H groups in total. The largest absolute Gasteiger partial charge is 0.390 e. The molecule has 4 rings (SSSR count). The number of hydrogen-bond donors (Lipinski definition) is 2. The van der Waals surface area contributed by atoms with Crippen molar-refractivity contribution in [2.24, 2.45) is 5.92 Å². The van der Waals surface area contributed by atoms with Gasteiger partial charge in [-0.15, -0.1) is 0 Å². The molecule has 4 amide bonds. The molecule has 2 aromatic rings. The quantitative estimate of drug-likeness (QED) is 0.291. The Kier molecular flexibility index (Phi) is 9.61. The first-order valence-corrected chi connectivity index (χ1v) is 13.8. The average molecular weight is 616 g/mol. The van der Waals surface area contributed by atoms with Gasteiger partial charge in [-0.05, 0) is 42.7 Å². The molecule has 0 aliphatic carbocycles. The highest BCUT2D eigenvalue weighted by atomic mass is 35.5. The number of benzene rings is 2. The molecular weight excluding hydrogens is 585 g/mol. The third-order valence-corrected chi connectivity index (χ3v) is 7.44. The number of anilines is 2. The summed E-state index contributed by atoms with van der Waals surface area (Å²) in [5.41, 5.74) is 0.0477. The molecule has 1 unspecified atom stereocenters. The number of carbonyl (C=O) groups is 3. The molecule has 2 heterocycles. The van der Waals surface area contributed by atoms with Crippen molar-refractivity contribution in [2.45, 2.75) is 45.5 Å². The maximum atomic E-state index is 15.0. The van der Waals surface area contributed by atoms with Gasteiger partial charge >= 0.3 is 12.2 Å². The zero-order valence-corrected chi connectivity index (χ0v) is 23.8. The molecule has 2 aliphatic heterocycles. The summed E-state index contributed by atoms with van der Waals surface area (Å²) in [6.45, 7) is 4.40. The van der Waals surface area contributed by atoms with Gasteiger partial charge in [0, 0.05) is 48.9 Å². The molecule has 2 aliphatic rings. The summed E-state index contributed by atoms with van der Waals surface area (Å²) in [7, 11) is 0. The van der Waals surface area contributed by atoms with Crippen LogP contribution in [-0.2, 0) is 11.3 Å². The normalized spacial score (nSPS) is 18.2. The zero-order valence-electron chi connectivity index (χ0n) is 23.0. The van der Waals surface area contributed by atoms with E-state index in [1.165, 1.54) is 12.1 Å². The number of alkyl halides is 3. The Hall–Kier alpha value is -3.45. The SMILES string of the molecule is CC(C)CC1NC(=O)N(Cc2c(C(=O)Nc3ccc(Cl)cc3N3CCN(CCC(F)(F)F)CC3)ccc(F)c2F)C1=O. The molecule has 2 fully saturated rings. The Labute approximate surface area is 244 Å². The molecule has 0 bridgehead atoms. The highest BCUT2D eigenvalue weighted by molar-refractivity contribution is 6.31. The minimum atomic E-state index is -4.25. The maximum Gasteiger partial charge on any atom is 0.390 e. The van der Waals surface area contributed by atoms with E-state index in [2.05, 4.69) is 10.6 Å². The van der Waals surface area contributed by atoms with E-state index in [1.54, 1.807) is 11.0 Å². The molecule has 42 heavy (non-hydrogen) atoms. The fourth-order valence-electron chi connectivity index (χ4n) is 5.03. The number of amides is 4. The van der Waals surface area contributed by atoms with Crippen LogP contribution >= 0.6 is 11.6 Å². The third kappa shape index (κ3) is 7.49. The van der Waals surface area contributed by atoms with Crippen molar-refractivity contribution in [1.82, 2.24) is 15.1 Å². The molecule has 0 radical (unpaired) electrons. The number of nitrogens with zero attached hydrogens (tertiary/aromatic N) is 3. The number of piperazine rings is 1. The highest BCUT2D eigenvalue weighted by Crippen LogP contribution is 2.32. The number of imide groups is 1. The van der Waals surface area contributed by atoms with Crippen molar-refractivity contribution < 1.29 is 36.3 Å². The minimum Gasteiger partial charge on any atom is -0.367 e. The molecule has 0 aromatic heterocycles. The van der Waals surface area contributed by atoms with Crippen LogP contribution in [0.2, 0.25) is 5.02 Å². The lowest BCUT2D eigenvalue weighted by Crippen LogP contribution is -2.47. The predicted octanol–water partition coefficient (Wildman–Crippen LogP) is 5.41. The van der Waals surface area contributed by atoms with E-state index < -0.39 is 60.2 Å². The summed E-state index contributed by atoms with van der Waals surface area (Å²) in [4.78, 5) is 43.1. The van der Waals surface area contributed by atoms with Gasteiger partial charge in [-0.1, -0.05) is 25.4 Å². The van der Waals surface area contributed by atoms with Crippen LogP contribution in [0.3, 0.4) is 0 Å². The second-order valence-electron chi connectivity index (χ2n) is 10.8. The second-order valence-corrected chi connectivity index (χ2v) is 11.2. The van der Waals surface area contributed by atoms with Crippen LogP contribution in [0.4, 0.5) is 38.1 Å². The van der Waals surface area contributed by atoms with Gasteiger partial charge in [-0.25, -0.2) is 13.6 Å². The van der Waals surface area contributed by atoms with E-state index in [-0.39, 0.29) is 23.7 Å². The average Bonchev–Trinajstić information content (AvgIpc) is 3.17. The van der Waals surface area contributed by atoms with Crippen LogP contribution < -0.4 is 15.5 Å².